The monoisotopic (exact) mass is 348 g/mol. The van der Waals surface area contributed by atoms with Crippen LogP contribution in [0.3, 0.4) is 0 Å². The molecule has 21 heavy (non-hydrogen) atoms. The van der Waals surface area contributed by atoms with Gasteiger partial charge in [-0.25, -0.2) is 13.1 Å². The minimum atomic E-state index is -3.40. The van der Waals surface area contributed by atoms with Gasteiger partial charge in [0.15, 0.2) is 0 Å². The van der Waals surface area contributed by atoms with E-state index in [4.69, 9.17) is 0 Å². The molecule has 1 fully saturated rings. The number of hydrogen-bond acceptors (Lipinski definition) is 5. The van der Waals surface area contributed by atoms with Crippen molar-refractivity contribution in [2.75, 3.05) is 19.3 Å². The van der Waals surface area contributed by atoms with Gasteiger partial charge in [-0.3, -0.25) is 0 Å². The summed E-state index contributed by atoms with van der Waals surface area (Å²) in [6, 6.07) is 1.71. The molecule has 4 nitrogen and oxygen atoms in total. The predicted molar refractivity (Wildman–Crippen MR) is 91.6 cm³/mol. The molecule has 0 radical (unpaired) electrons. The van der Waals surface area contributed by atoms with Crippen LogP contribution in [0.4, 0.5) is 0 Å². The van der Waals surface area contributed by atoms with E-state index in [0.717, 1.165) is 30.7 Å². The Kier molecular flexibility index (Phi) is 6.14. The van der Waals surface area contributed by atoms with Crippen LogP contribution in [0.2, 0.25) is 0 Å². The van der Waals surface area contributed by atoms with Gasteiger partial charge in [-0.15, -0.1) is 11.3 Å². The van der Waals surface area contributed by atoms with Crippen LogP contribution in [-0.4, -0.2) is 32.5 Å². The quantitative estimate of drug-likeness (QED) is 0.674. The Bertz CT molecular complexity index is 545. The minimum absolute atomic E-state index is 0.115. The highest BCUT2D eigenvalue weighted by atomic mass is 32.2. The molecule has 0 atom stereocenters. The van der Waals surface area contributed by atoms with Gasteiger partial charge >= 0.3 is 0 Å². The maximum atomic E-state index is 12.5. The van der Waals surface area contributed by atoms with Crippen LogP contribution in [-0.2, 0) is 16.6 Å². The van der Waals surface area contributed by atoms with Crippen molar-refractivity contribution < 1.29 is 8.42 Å². The van der Waals surface area contributed by atoms with Crippen molar-refractivity contribution >= 4 is 33.1 Å². The summed E-state index contributed by atoms with van der Waals surface area (Å²) >= 11 is 3.28. The van der Waals surface area contributed by atoms with Crippen LogP contribution in [0.5, 0.6) is 0 Å². The first-order valence-corrected chi connectivity index (χ1v) is 10.9. The third-order valence-electron chi connectivity index (χ3n) is 3.99. The third kappa shape index (κ3) is 4.22. The highest BCUT2D eigenvalue weighted by Gasteiger charge is 2.37. The fraction of sp³-hybridized carbons (Fsp3) is 0.714. The van der Waals surface area contributed by atoms with Gasteiger partial charge in [-0.1, -0.05) is 13.3 Å². The van der Waals surface area contributed by atoms with Crippen LogP contribution in [0.15, 0.2) is 16.3 Å². The smallest absolute Gasteiger partial charge is 0.241 e. The summed E-state index contributed by atoms with van der Waals surface area (Å²) in [6.45, 7) is 4.16. The lowest BCUT2D eigenvalue weighted by Crippen LogP contribution is -2.45. The SMILES string of the molecule is CCCNCc1sccc1S(=O)(=O)NCC1(SC)CCC1. The van der Waals surface area contributed by atoms with Crippen LogP contribution >= 0.6 is 23.1 Å². The largest absolute Gasteiger partial charge is 0.312 e. The first kappa shape index (κ1) is 17.3. The van der Waals surface area contributed by atoms with Crippen molar-refractivity contribution in [3.8, 4) is 0 Å². The van der Waals surface area contributed by atoms with Gasteiger partial charge in [-0.2, -0.15) is 11.8 Å². The molecule has 2 rings (SSSR count). The molecular formula is C14H24N2O2S3. The van der Waals surface area contributed by atoms with Gasteiger partial charge in [-0.05, 0) is 43.5 Å². The average molecular weight is 349 g/mol. The highest BCUT2D eigenvalue weighted by Crippen LogP contribution is 2.42. The first-order chi connectivity index (χ1) is 10.0. The highest BCUT2D eigenvalue weighted by molar-refractivity contribution is 8.00. The Morgan fingerprint density at radius 2 is 2.19 bits per heavy atom. The average Bonchev–Trinajstić information content (AvgIpc) is 2.87. The minimum Gasteiger partial charge on any atom is -0.312 e. The van der Waals surface area contributed by atoms with E-state index >= 15 is 0 Å². The summed E-state index contributed by atoms with van der Waals surface area (Å²) in [7, 11) is -3.40. The Labute approximate surface area is 136 Å². The molecule has 120 valence electrons. The van der Waals surface area contributed by atoms with E-state index in [9.17, 15) is 8.42 Å². The Morgan fingerprint density at radius 1 is 1.43 bits per heavy atom. The molecular weight excluding hydrogens is 324 g/mol. The van der Waals surface area contributed by atoms with Crippen LogP contribution in [0.1, 0.15) is 37.5 Å². The number of hydrogen-bond donors (Lipinski definition) is 2. The standard InChI is InChI=1S/C14H24N2O2S3/c1-3-8-15-10-12-13(5-9-20-12)21(17,18)16-11-14(19-2)6-4-7-14/h5,9,15-16H,3-4,6-8,10-11H2,1-2H3. The summed E-state index contributed by atoms with van der Waals surface area (Å²) in [6.07, 6.45) is 6.52. The van der Waals surface area contributed by atoms with Crippen molar-refractivity contribution in [1.82, 2.24) is 10.0 Å². The molecule has 1 heterocycles. The predicted octanol–water partition coefficient (Wildman–Crippen LogP) is 2.81. The zero-order valence-corrected chi connectivity index (χ0v) is 15.1. The first-order valence-electron chi connectivity index (χ1n) is 7.35. The molecule has 2 N–H and O–H groups in total. The van der Waals surface area contributed by atoms with Gasteiger partial charge in [0.1, 0.15) is 0 Å². The van der Waals surface area contributed by atoms with E-state index in [0.29, 0.717) is 18.0 Å². The van der Waals surface area contributed by atoms with Crippen molar-refractivity contribution in [2.45, 2.75) is 48.8 Å². The maximum Gasteiger partial charge on any atom is 0.241 e. The van der Waals surface area contributed by atoms with E-state index in [1.54, 1.807) is 17.8 Å². The second-order valence-electron chi connectivity index (χ2n) is 5.45. The Balaban J connectivity index is 2.00. The molecule has 0 aliphatic heterocycles. The van der Waals surface area contributed by atoms with Crippen molar-refractivity contribution in [3.63, 3.8) is 0 Å². The second kappa shape index (κ2) is 7.46. The van der Waals surface area contributed by atoms with E-state index < -0.39 is 10.0 Å². The number of sulfonamides is 1. The summed E-state index contributed by atoms with van der Waals surface area (Å²) in [5, 5.41) is 5.12. The topological polar surface area (TPSA) is 58.2 Å². The normalized spacial score (nSPS) is 17.6. The van der Waals surface area contributed by atoms with Crippen molar-refractivity contribution in [2.24, 2.45) is 0 Å². The third-order valence-corrected chi connectivity index (χ3v) is 7.94. The molecule has 0 bridgehead atoms. The van der Waals surface area contributed by atoms with Crippen LogP contribution in [0.25, 0.3) is 0 Å². The van der Waals surface area contributed by atoms with E-state index in [2.05, 4.69) is 23.2 Å². The van der Waals surface area contributed by atoms with Gasteiger partial charge in [0, 0.05) is 22.7 Å². The number of nitrogens with one attached hydrogen (secondary N) is 2. The second-order valence-corrected chi connectivity index (χ2v) is 9.46. The zero-order chi connectivity index (χ0) is 15.3. The van der Waals surface area contributed by atoms with Crippen LogP contribution < -0.4 is 10.0 Å². The van der Waals surface area contributed by atoms with Gasteiger partial charge in [0.05, 0.1) is 4.90 Å². The molecule has 1 aliphatic rings. The fourth-order valence-electron chi connectivity index (χ4n) is 2.40. The molecule has 0 spiro atoms. The summed E-state index contributed by atoms with van der Waals surface area (Å²) < 4.78 is 27.9. The Hall–Kier alpha value is -0.0800. The molecule has 0 unspecified atom stereocenters. The Morgan fingerprint density at radius 3 is 2.76 bits per heavy atom. The summed E-state index contributed by atoms with van der Waals surface area (Å²) in [5.74, 6) is 0. The fourth-order valence-corrected chi connectivity index (χ4v) is 5.95. The molecule has 0 amide bonds. The van der Waals surface area contributed by atoms with Gasteiger partial charge in [0.2, 0.25) is 10.0 Å². The molecule has 1 aromatic heterocycles. The summed E-state index contributed by atoms with van der Waals surface area (Å²) in [4.78, 5) is 1.33. The van der Waals surface area contributed by atoms with Crippen molar-refractivity contribution in [1.29, 1.82) is 0 Å². The maximum absolute atomic E-state index is 12.5. The van der Waals surface area contributed by atoms with Crippen LogP contribution in [0, 0.1) is 0 Å². The van der Waals surface area contributed by atoms with Gasteiger partial charge < -0.3 is 5.32 Å². The van der Waals surface area contributed by atoms with E-state index in [1.807, 2.05) is 5.38 Å². The van der Waals surface area contributed by atoms with E-state index in [1.165, 1.54) is 17.8 Å². The van der Waals surface area contributed by atoms with Gasteiger partial charge in [0.25, 0.3) is 0 Å². The molecule has 1 aliphatic carbocycles. The molecule has 0 aromatic carbocycles. The van der Waals surface area contributed by atoms with Crippen molar-refractivity contribution in [3.05, 3.63) is 16.3 Å². The molecule has 1 aromatic rings. The lowest BCUT2D eigenvalue weighted by atomic mass is 9.84. The molecule has 1 saturated carbocycles. The molecule has 7 heteroatoms. The number of thiophene rings is 1. The number of thioether (sulfide) groups is 1. The lowest BCUT2D eigenvalue weighted by Gasteiger charge is -2.40. The molecule has 0 saturated heterocycles. The lowest BCUT2D eigenvalue weighted by molar-refractivity contribution is 0.362. The summed E-state index contributed by atoms with van der Waals surface area (Å²) in [5.41, 5.74) is 0. The zero-order valence-electron chi connectivity index (χ0n) is 12.6. The number of rotatable bonds is 9. The van der Waals surface area contributed by atoms with E-state index in [-0.39, 0.29) is 4.75 Å².